The highest BCUT2D eigenvalue weighted by atomic mass is 32.2. The second-order valence-corrected chi connectivity index (χ2v) is 5.40. The molecule has 0 amide bonds. The zero-order valence-electron chi connectivity index (χ0n) is 11.6. The number of nitrogens with zero attached hydrogens (tertiary/aromatic N) is 2. The molecule has 21 heavy (non-hydrogen) atoms. The van der Waals surface area contributed by atoms with E-state index in [0.717, 1.165) is 17.8 Å². The average molecular weight is 297 g/mol. The van der Waals surface area contributed by atoms with Gasteiger partial charge in [-0.1, -0.05) is 12.1 Å². The van der Waals surface area contributed by atoms with Gasteiger partial charge in [-0.2, -0.15) is 0 Å². The van der Waals surface area contributed by atoms with Gasteiger partial charge in [0, 0.05) is 22.7 Å². The zero-order valence-corrected chi connectivity index (χ0v) is 12.4. The highest BCUT2D eigenvalue weighted by Gasteiger charge is 2.02. The summed E-state index contributed by atoms with van der Waals surface area (Å²) in [5.74, 6) is 0.536. The lowest BCUT2D eigenvalue weighted by atomic mass is 10.2. The normalized spacial score (nSPS) is 10.5. The van der Waals surface area contributed by atoms with Crippen molar-refractivity contribution in [3.8, 4) is 11.5 Å². The molecule has 0 saturated carbocycles. The van der Waals surface area contributed by atoms with Gasteiger partial charge in [0.1, 0.15) is 0 Å². The van der Waals surface area contributed by atoms with Crippen molar-refractivity contribution < 1.29 is 4.42 Å². The largest absolute Gasteiger partial charge is 0.423 e. The van der Waals surface area contributed by atoms with Gasteiger partial charge in [0.05, 0.1) is 0 Å². The number of anilines is 1. The summed E-state index contributed by atoms with van der Waals surface area (Å²) in [6, 6.07) is 16.5. The van der Waals surface area contributed by atoms with E-state index in [0.29, 0.717) is 5.89 Å². The van der Waals surface area contributed by atoms with Crippen LogP contribution in [-0.4, -0.2) is 16.5 Å². The van der Waals surface area contributed by atoms with Crippen LogP contribution in [0.1, 0.15) is 5.56 Å². The molecule has 0 aliphatic heterocycles. The summed E-state index contributed by atoms with van der Waals surface area (Å²) in [6.07, 6.45) is 3.41. The quantitative estimate of drug-likeness (QED) is 0.719. The van der Waals surface area contributed by atoms with E-state index < -0.39 is 0 Å². The molecule has 0 atom stereocenters. The summed E-state index contributed by atoms with van der Waals surface area (Å²) < 4.78 is 5.17. The summed E-state index contributed by atoms with van der Waals surface area (Å²) in [6.45, 7) is 0.800. The molecule has 5 heteroatoms. The van der Waals surface area contributed by atoms with Crippen LogP contribution >= 0.6 is 11.8 Å². The van der Waals surface area contributed by atoms with Gasteiger partial charge in [0.15, 0.2) is 0 Å². The Morgan fingerprint density at radius 1 is 1.05 bits per heavy atom. The third kappa shape index (κ3) is 3.44. The number of nitrogens with one attached hydrogen (secondary N) is 1. The molecule has 1 aromatic heterocycles. The number of benzene rings is 2. The summed E-state index contributed by atoms with van der Waals surface area (Å²) in [5.41, 5.74) is 3.24. The molecule has 0 fully saturated rings. The second-order valence-electron chi connectivity index (χ2n) is 4.52. The summed E-state index contributed by atoms with van der Waals surface area (Å²) in [5, 5.41) is 11.0. The lowest BCUT2D eigenvalue weighted by Gasteiger charge is -2.07. The molecule has 0 radical (unpaired) electrons. The molecule has 0 saturated heterocycles. The Balaban J connectivity index is 1.62. The molecule has 0 spiro atoms. The molecular weight excluding hydrogens is 282 g/mol. The van der Waals surface area contributed by atoms with Gasteiger partial charge in [-0.3, -0.25) is 0 Å². The lowest BCUT2D eigenvalue weighted by molar-refractivity contribution is 0.568. The maximum absolute atomic E-state index is 5.17. The van der Waals surface area contributed by atoms with E-state index in [-0.39, 0.29) is 0 Å². The van der Waals surface area contributed by atoms with Crippen molar-refractivity contribution in [2.75, 3.05) is 11.6 Å². The van der Waals surface area contributed by atoms with E-state index in [2.05, 4.69) is 46.0 Å². The topological polar surface area (TPSA) is 51.0 Å². The van der Waals surface area contributed by atoms with Crippen LogP contribution in [0.25, 0.3) is 11.5 Å². The van der Waals surface area contributed by atoms with Crippen LogP contribution < -0.4 is 5.32 Å². The third-order valence-corrected chi connectivity index (χ3v) is 3.89. The molecular formula is C16H15N3OS. The van der Waals surface area contributed by atoms with Gasteiger partial charge < -0.3 is 9.73 Å². The SMILES string of the molecule is CSc1ccc(CNc2ccc(-c3nnco3)cc2)cc1. The Bertz CT molecular complexity index is 679. The molecule has 1 N–H and O–H groups in total. The minimum atomic E-state index is 0.536. The first-order valence-corrected chi connectivity index (χ1v) is 7.81. The van der Waals surface area contributed by atoms with Crippen molar-refractivity contribution in [2.45, 2.75) is 11.4 Å². The monoisotopic (exact) mass is 297 g/mol. The minimum Gasteiger partial charge on any atom is -0.423 e. The molecule has 4 nitrogen and oxygen atoms in total. The number of thioether (sulfide) groups is 1. The van der Waals surface area contributed by atoms with Gasteiger partial charge in [-0.25, -0.2) is 0 Å². The van der Waals surface area contributed by atoms with Crippen molar-refractivity contribution in [1.82, 2.24) is 10.2 Å². The summed E-state index contributed by atoms with van der Waals surface area (Å²) >= 11 is 1.75. The highest BCUT2D eigenvalue weighted by molar-refractivity contribution is 7.98. The van der Waals surface area contributed by atoms with Crippen LogP contribution in [-0.2, 0) is 6.54 Å². The van der Waals surface area contributed by atoms with Gasteiger partial charge in [-0.05, 0) is 48.2 Å². The van der Waals surface area contributed by atoms with Crippen molar-refractivity contribution in [3.63, 3.8) is 0 Å². The van der Waals surface area contributed by atoms with Gasteiger partial charge >= 0.3 is 0 Å². The van der Waals surface area contributed by atoms with Crippen LogP contribution in [0.15, 0.2) is 64.2 Å². The van der Waals surface area contributed by atoms with Gasteiger partial charge in [-0.15, -0.1) is 22.0 Å². The van der Waals surface area contributed by atoms with E-state index in [1.807, 2.05) is 24.3 Å². The van der Waals surface area contributed by atoms with E-state index in [4.69, 9.17) is 4.42 Å². The molecule has 0 unspecified atom stereocenters. The first-order chi connectivity index (χ1) is 10.3. The van der Waals surface area contributed by atoms with Crippen molar-refractivity contribution >= 4 is 17.4 Å². The Kier molecular flexibility index (Phi) is 4.21. The molecule has 0 aliphatic rings. The van der Waals surface area contributed by atoms with Crippen LogP contribution in [0.5, 0.6) is 0 Å². The highest BCUT2D eigenvalue weighted by Crippen LogP contribution is 2.20. The van der Waals surface area contributed by atoms with E-state index in [9.17, 15) is 0 Å². The molecule has 2 aromatic carbocycles. The summed E-state index contributed by atoms with van der Waals surface area (Å²) in [7, 11) is 0. The number of hydrogen-bond donors (Lipinski definition) is 1. The average Bonchev–Trinajstić information content (AvgIpc) is 3.08. The molecule has 3 aromatic rings. The predicted molar refractivity (Wildman–Crippen MR) is 85.3 cm³/mol. The number of hydrogen-bond acceptors (Lipinski definition) is 5. The minimum absolute atomic E-state index is 0.536. The van der Waals surface area contributed by atoms with Gasteiger partial charge in [0.2, 0.25) is 12.3 Å². The maximum atomic E-state index is 5.17. The standard InChI is InChI=1S/C16H15N3OS/c1-21-15-8-2-12(3-9-15)10-17-14-6-4-13(5-7-14)16-19-18-11-20-16/h2-9,11,17H,10H2,1H3. The molecule has 0 bridgehead atoms. The molecule has 3 rings (SSSR count). The smallest absolute Gasteiger partial charge is 0.247 e. The Morgan fingerprint density at radius 2 is 1.81 bits per heavy atom. The zero-order chi connectivity index (χ0) is 14.5. The van der Waals surface area contributed by atoms with Crippen LogP contribution in [0.4, 0.5) is 5.69 Å². The van der Waals surface area contributed by atoms with E-state index >= 15 is 0 Å². The predicted octanol–water partition coefficient (Wildman–Crippen LogP) is 4.07. The summed E-state index contributed by atoms with van der Waals surface area (Å²) in [4.78, 5) is 1.28. The third-order valence-electron chi connectivity index (χ3n) is 3.15. The van der Waals surface area contributed by atoms with Crippen molar-refractivity contribution in [1.29, 1.82) is 0 Å². The Morgan fingerprint density at radius 3 is 2.43 bits per heavy atom. The van der Waals surface area contributed by atoms with Crippen molar-refractivity contribution in [2.24, 2.45) is 0 Å². The second kappa shape index (κ2) is 6.45. The van der Waals surface area contributed by atoms with E-state index in [1.165, 1.54) is 16.9 Å². The first-order valence-electron chi connectivity index (χ1n) is 6.58. The fourth-order valence-electron chi connectivity index (χ4n) is 1.98. The van der Waals surface area contributed by atoms with Gasteiger partial charge in [0.25, 0.3) is 0 Å². The Labute approximate surface area is 127 Å². The molecule has 1 heterocycles. The fraction of sp³-hybridized carbons (Fsp3) is 0.125. The Hall–Kier alpha value is -2.27. The maximum Gasteiger partial charge on any atom is 0.247 e. The fourth-order valence-corrected chi connectivity index (χ4v) is 2.39. The number of aromatic nitrogens is 2. The van der Waals surface area contributed by atoms with Crippen LogP contribution in [0.2, 0.25) is 0 Å². The van der Waals surface area contributed by atoms with E-state index in [1.54, 1.807) is 11.8 Å². The lowest BCUT2D eigenvalue weighted by Crippen LogP contribution is -1.98. The first kappa shape index (κ1) is 13.7. The van der Waals surface area contributed by atoms with Crippen LogP contribution in [0, 0.1) is 0 Å². The number of rotatable bonds is 5. The molecule has 106 valence electrons. The van der Waals surface area contributed by atoms with Crippen LogP contribution in [0.3, 0.4) is 0 Å². The molecule has 0 aliphatic carbocycles. The van der Waals surface area contributed by atoms with Crippen molar-refractivity contribution in [3.05, 3.63) is 60.5 Å².